The first-order chi connectivity index (χ1) is 6.15. The molecule has 0 aliphatic heterocycles. The first-order valence-electron chi connectivity index (χ1n) is 3.40. The summed E-state index contributed by atoms with van der Waals surface area (Å²) >= 11 is 0. The largest absolute Gasteiger partial charge is 0.508 e. The smallest absolute Gasteiger partial charge is 0.126 e. The van der Waals surface area contributed by atoms with Crippen LogP contribution in [0.25, 0.3) is 10.4 Å². The minimum absolute atomic E-state index is 0.0931. The van der Waals surface area contributed by atoms with E-state index >= 15 is 0 Å². The lowest BCUT2D eigenvalue weighted by molar-refractivity contribution is 0.419. The maximum Gasteiger partial charge on any atom is 0.126 e. The average Bonchev–Trinajstić information content (AvgIpc) is 2.02. The minimum atomic E-state index is -0.301. The van der Waals surface area contributed by atoms with Gasteiger partial charge in [0.15, 0.2) is 0 Å². The molecule has 1 aromatic rings. The maximum atomic E-state index is 9.20. The van der Waals surface area contributed by atoms with Crippen LogP contribution >= 0.6 is 0 Å². The lowest BCUT2D eigenvalue weighted by atomic mass is 10.1. The molecule has 0 saturated heterocycles. The molecule has 0 aliphatic carbocycles. The number of benzene rings is 1. The Morgan fingerprint density at radius 2 is 1.77 bits per heavy atom. The van der Waals surface area contributed by atoms with E-state index in [4.69, 9.17) is 10.6 Å². The molecule has 68 valence electrons. The fraction of sp³-hybridized carbons (Fsp3) is 0.143. The zero-order valence-corrected chi connectivity index (χ0v) is 6.55. The molecule has 0 amide bonds. The number of aromatic hydroxyl groups is 3. The second-order valence-corrected chi connectivity index (χ2v) is 2.35. The number of azide groups is 1. The number of hydrogen-bond acceptors (Lipinski definition) is 4. The minimum Gasteiger partial charge on any atom is -0.508 e. The molecule has 6 heteroatoms. The Kier molecular flexibility index (Phi) is 2.47. The van der Waals surface area contributed by atoms with Gasteiger partial charge in [-0.1, -0.05) is 5.11 Å². The Balaban J connectivity index is 3.12. The van der Waals surface area contributed by atoms with Gasteiger partial charge in [0.25, 0.3) is 0 Å². The number of phenols is 3. The van der Waals surface area contributed by atoms with Gasteiger partial charge in [-0.3, -0.25) is 0 Å². The topological polar surface area (TPSA) is 109 Å². The van der Waals surface area contributed by atoms with Crippen molar-refractivity contribution in [1.82, 2.24) is 0 Å². The Hall–Kier alpha value is -2.07. The second-order valence-electron chi connectivity index (χ2n) is 2.35. The zero-order chi connectivity index (χ0) is 9.84. The normalized spacial score (nSPS) is 9.23. The Bertz CT molecular complexity index is 348. The van der Waals surface area contributed by atoms with E-state index in [1.165, 1.54) is 0 Å². The molecule has 6 nitrogen and oxygen atoms in total. The highest BCUT2D eigenvalue weighted by molar-refractivity contribution is 5.48. The molecule has 1 aromatic carbocycles. The third-order valence-electron chi connectivity index (χ3n) is 1.48. The summed E-state index contributed by atoms with van der Waals surface area (Å²) in [7, 11) is 0. The zero-order valence-electron chi connectivity index (χ0n) is 6.55. The van der Waals surface area contributed by atoms with Crippen LogP contribution in [0.2, 0.25) is 0 Å². The second kappa shape index (κ2) is 3.55. The van der Waals surface area contributed by atoms with Crippen LogP contribution < -0.4 is 0 Å². The van der Waals surface area contributed by atoms with E-state index in [0.29, 0.717) is 0 Å². The summed E-state index contributed by atoms with van der Waals surface area (Å²) in [4.78, 5) is 2.48. The van der Waals surface area contributed by atoms with Crippen LogP contribution in [0.15, 0.2) is 17.2 Å². The molecule has 0 heterocycles. The van der Waals surface area contributed by atoms with Crippen LogP contribution in [0.5, 0.6) is 17.2 Å². The summed E-state index contributed by atoms with van der Waals surface area (Å²) in [5, 5.41) is 30.5. The van der Waals surface area contributed by atoms with Crippen molar-refractivity contribution in [2.45, 2.75) is 6.54 Å². The lowest BCUT2D eigenvalue weighted by Crippen LogP contribution is -1.83. The molecule has 13 heavy (non-hydrogen) atoms. The first kappa shape index (κ1) is 9.02. The highest BCUT2D eigenvalue weighted by Gasteiger charge is 2.07. The molecule has 0 atom stereocenters. The van der Waals surface area contributed by atoms with Crippen LogP contribution in [-0.2, 0) is 6.54 Å². The molecular weight excluding hydrogens is 174 g/mol. The summed E-state index contributed by atoms with van der Waals surface area (Å²) in [6.07, 6.45) is 0. The summed E-state index contributed by atoms with van der Waals surface area (Å²) in [6, 6.07) is 2.11. The van der Waals surface area contributed by atoms with Gasteiger partial charge in [0.2, 0.25) is 0 Å². The van der Waals surface area contributed by atoms with E-state index in [9.17, 15) is 10.2 Å². The van der Waals surface area contributed by atoms with Crippen LogP contribution in [0.1, 0.15) is 5.56 Å². The number of nitrogens with zero attached hydrogens (tertiary/aromatic N) is 3. The van der Waals surface area contributed by atoms with E-state index < -0.39 is 0 Å². The monoisotopic (exact) mass is 181 g/mol. The van der Waals surface area contributed by atoms with Gasteiger partial charge in [-0.2, -0.15) is 0 Å². The van der Waals surface area contributed by atoms with Crippen molar-refractivity contribution in [2.24, 2.45) is 5.11 Å². The van der Waals surface area contributed by atoms with Crippen molar-refractivity contribution < 1.29 is 15.3 Å². The van der Waals surface area contributed by atoms with Crippen LogP contribution in [0.3, 0.4) is 0 Å². The van der Waals surface area contributed by atoms with Gasteiger partial charge in [0.05, 0.1) is 6.54 Å². The standard InChI is InChI=1S/C7H7N3O3/c8-10-9-3-5-6(12)1-4(11)2-7(5)13/h1-2,11-13H,3H2. The summed E-state index contributed by atoms with van der Waals surface area (Å²) in [5.74, 6) is -0.852. The molecule has 0 saturated carbocycles. The molecule has 1 rings (SSSR count). The third kappa shape index (κ3) is 1.94. The first-order valence-corrected chi connectivity index (χ1v) is 3.40. The van der Waals surface area contributed by atoms with E-state index in [2.05, 4.69) is 10.0 Å². The van der Waals surface area contributed by atoms with Gasteiger partial charge in [-0.05, 0) is 5.53 Å². The third-order valence-corrected chi connectivity index (χ3v) is 1.48. The Morgan fingerprint density at radius 3 is 2.23 bits per heavy atom. The molecule has 0 aromatic heterocycles. The highest BCUT2D eigenvalue weighted by Crippen LogP contribution is 2.32. The molecule has 0 bridgehead atoms. The van der Waals surface area contributed by atoms with E-state index in [-0.39, 0.29) is 29.4 Å². The fourth-order valence-corrected chi connectivity index (χ4v) is 0.892. The molecule has 0 radical (unpaired) electrons. The summed E-state index contributed by atoms with van der Waals surface area (Å²) < 4.78 is 0. The molecule has 0 spiro atoms. The van der Waals surface area contributed by atoms with Gasteiger partial charge in [-0.25, -0.2) is 0 Å². The molecule has 3 N–H and O–H groups in total. The quantitative estimate of drug-likeness (QED) is 0.366. The van der Waals surface area contributed by atoms with Crippen molar-refractivity contribution >= 4 is 0 Å². The van der Waals surface area contributed by atoms with Crippen molar-refractivity contribution in [3.05, 3.63) is 28.1 Å². The summed E-state index contributed by atoms with van der Waals surface area (Å²) in [6.45, 7) is -0.158. The van der Waals surface area contributed by atoms with Gasteiger partial charge in [0, 0.05) is 22.6 Å². The predicted molar refractivity (Wildman–Crippen MR) is 44.3 cm³/mol. The number of rotatable bonds is 2. The Labute approximate surface area is 73.3 Å². The molecule has 0 fully saturated rings. The van der Waals surface area contributed by atoms with E-state index in [1.54, 1.807) is 0 Å². The van der Waals surface area contributed by atoms with Crippen molar-refractivity contribution in [1.29, 1.82) is 0 Å². The highest BCUT2D eigenvalue weighted by atomic mass is 16.3. The molecule has 0 unspecified atom stereocenters. The molecule has 0 aliphatic rings. The maximum absolute atomic E-state index is 9.20. The van der Waals surface area contributed by atoms with Crippen molar-refractivity contribution in [2.75, 3.05) is 0 Å². The van der Waals surface area contributed by atoms with Crippen molar-refractivity contribution in [3.63, 3.8) is 0 Å². The lowest BCUT2D eigenvalue weighted by Gasteiger charge is -2.04. The number of hydrogen-bond donors (Lipinski definition) is 3. The van der Waals surface area contributed by atoms with Gasteiger partial charge >= 0.3 is 0 Å². The van der Waals surface area contributed by atoms with Crippen molar-refractivity contribution in [3.8, 4) is 17.2 Å². The van der Waals surface area contributed by atoms with Gasteiger partial charge < -0.3 is 15.3 Å². The predicted octanol–water partition coefficient (Wildman–Crippen LogP) is 1.61. The fourth-order valence-electron chi connectivity index (χ4n) is 0.892. The van der Waals surface area contributed by atoms with Crippen LogP contribution in [0, 0.1) is 0 Å². The summed E-state index contributed by atoms with van der Waals surface area (Å²) in [5.41, 5.74) is 8.10. The van der Waals surface area contributed by atoms with Crippen LogP contribution in [-0.4, -0.2) is 15.3 Å². The average molecular weight is 181 g/mol. The molecular formula is C7H7N3O3. The van der Waals surface area contributed by atoms with Gasteiger partial charge in [0.1, 0.15) is 17.2 Å². The van der Waals surface area contributed by atoms with E-state index in [1.807, 2.05) is 0 Å². The number of phenolic OH excluding ortho intramolecular Hbond substituents is 3. The van der Waals surface area contributed by atoms with Gasteiger partial charge in [-0.15, -0.1) is 0 Å². The Morgan fingerprint density at radius 1 is 1.23 bits per heavy atom. The van der Waals surface area contributed by atoms with Crippen LogP contribution in [0.4, 0.5) is 0 Å². The van der Waals surface area contributed by atoms with E-state index in [0.717, 1.165) is 12.1 Å². The SMILES string of the molecule is [N-]=[N+]=NCc1c(O)cc(O)cc1O.